The number of thioether (sulfide) groups is 1. The van der Waals surface area contributed by atoms with Crippen LogP contribution in [0.15, 0.2) is 83.0 Å². The largest absolute Gasteiger partial charge is 0.300 e. The van der Waals surface area contributed by atoms with Gasteiger partial charge in [-0.2, -0.15) is 0 Å². The molecule has 0 saturated heterocycles. The molecular formula is C23H17ClN4OS. The van der Waals surface area contributed by atoms with Crippen molar-refractivity contribution in [3.05, 3.63) is 99.6 Å². The normalized spacial score (nSPS) is 11.4. The van der Waals surface area contributed by atoms with Crippen molar-refractivity contribution in [2.45, 2.75) is 17.8 Å². The van der Waals surface area contributed by atoms with E-state index >= 15 is 0 Å². The molecule has 2 heterocycles. The molecule has 3 aromatic carbocycles. The Bertz CT molecular complexity index is 1460. The number of aromatic nitrogens is 4. The van der Waals surface area contributed by atoms with Crippen LogP contribution in [0.4, 0.5) is 0 Å². The SMILES string of the molecule is Cc1c(Cl)cccc1-n1ccn2c(SCc3ccc4ccccc4c3)nnc2c1=O. The van der Waals surface area contributed by atoms with Crippen molar-refractivity contribution in [1.82, 2.24) is 19.2 Å². The van der Waals surface area contributed by atoms with Gasteiger partial charge >= 0.3 is 5.56 Å². The van der Waals surface area contributed by atoms with Gasteiger partial charge in [-0.1, -0.05) is 71.9 Å². The van der Waals surface area contributed by atoms with Crippen molar-refractivity contribution < 1.29 is 0 Å². The van der Waals surface area contributed by atoms with Gasteiger partial charge in [0.05, 0.1) is 5.69 Å². The molecule has 5 rings (SSSR count). The highest BCUT2D eigenvalue weighted by Crippen LogP contribution is 2.25. The van der Waals surface area contributed by atoms with Crippen LogP contribution in [-0.4, -0.2) is 19.2 Å². The Morgan fingerprint density at radius 3 is 2.67 bits per heavy atom. The number of fused-ring (bicyclic) bond motifs is 2. The molecular weight excluding hydrogens is 416 g/mol. The number of nitrogens with zero attached hydrogens (tertiary/aromatic N) is 4. The van der Waals surface area contributed by atoms with Gasteiger partial charge in [0.15, 0.2) is 5.16 Å². The van der Waals surface area contributed by atoms with Gasteiger partial charge in [0.1, 0.15) is 0 Å². The Labute approximate surface area is 182 Å². The van der Waals surface area contributed by atoms with E-state index in [2.05, 4.69) is 40.5 Å². The number of halogens is 1. The van der Waals surface area contributed by atoms with E-state index < -0.39 is 0 Å². The molecule has 7 heteroatoms. The van der Waals surface area contributed by atoms with Crippen LogP contribution in [0.25, 0.3) is 22.1 Å². The molecule has 0 atom stereocenters. The average molecular weight is 433 g/mol. The molecule has 148 valence electrons. The van der Waals surface area contributed by atoms with Gasteiger partial charge in [-0.15, -0.1) is 10.2 Å². The van der Waals surface area contributed by atoms with Crippen molar-refractivity contribution in [2.75, 3.05) is 0 Å². The third kappa shape index (κ3) is 3.28. The molecule has 0 amide bonds. The topological polar surface area (TPSA) is 52.2 Å². The monoisotopic (exact) mass is 432 g/mol. The summed E-state index contributed by atoms with van der Waals surface area (Å²) in [4.78, 5) is 13.0. The van der Waals surface area contributed by atoms with Crippen molar-refractivity contribution in [3.63, 3.8) is 0 Å². The lowest BCUT2D eigenvalue weighted by Crippen LogP contribution is -2.21. The molecule has 0 bridgehead atoms. The van der Waals surface area contributed by atoms with Crippen LogP contribution in [0.5, 0.6) is 0 Å². The predicted octanol–water partition coefficient (Wildman–Crippen LogP) is 5.29. The van der Waals surface area contributed by atoms with Crippen LogP contribution in [0.3, 0.4) is 0 Å². The first-order valence-corrected chi connectivity index (χ1v) is 10.8. The number of hydrogen-bond acceptors (Lipinski definition) is 4. The number of benzene rings is 3. The Balaban J connectivity index is 1.47. The molecule has 2 aromatic heterocycles. The van der Waals surface area contributed by atoms with Crippen molar-refractivity contribution in [3.8, 4) is 5.69 Å². The van der Waals surface area contributed by atoms with Crippen LogP contribution in [-0.2, 0) is 5.75 Å². The van der Waals surface area contributed by atoms with E-state index in [4.69, 9.17) is 11.6 Å². The maximum absolute atomic E-state index is 13.0. The van der Waals surface area contributed by atoms with Crippen LogP contribution < -0.4 is 5.56 Å². The fourth-order valence-corrected chi connectivity index (χ4v) is 4.52. The second-order valence-corrected chi connectivity index (χ2v) is 8.35. The van der Waals surface area contributed by atoms with E-state index in [1.54, 1.807) is 26.9 Å². The van der Waals surface area contributed by atoms with Crippen LogP contribution >= 0.6 is 23.4 Å². The summed E-state index contributed by atoms with van der Waals surface area (Å²) in [6.07, 6.45) is 3.55. The fourth-order valence-electron chi connectivity index (χ4n) is 3.49. The Kier molecular flexibility index (Phi) is 4.81. The molecule has 0 radical (unpaired) electrons. The second kappa shape index (κ2) is 7.63. The molecule has 0 unspecified atom stereocenters. The Morgan fingerprint density at radius 1 is 0.967 bits per heavy atom. The second-order valence-electron chi connectivity index (χ2n) is 7.00. The molecule has 0 aliphatic carbocycles. The molecule has 0 spiro atoms. The van der Waals surface area contributed by atoms with Crippen molar-refractivity contribution in [1.29, 1.82) is 0 Å². The summed E-state index contributed by atoms with van der Waals surface area (Å²) in [6, 6.07) is 20.2. The van der Waals surface area contributed by atoms with Crippen LogP contribution in [0.2, 0.25) is 5.02 Å². The van der Waals surface area contributed by atoms with E-state index in [1.807, 2.05) is 43.5 Å². The minimum absolute atomic E-state index is 0.229. The molecule has 5 nitrogen and oxygen atoms in total. The maximum atomic E-state index is 13.0. The van der Waals surface area contributed by atoms with Gasteiger partial charge in [-0.25, -0.2) is 0 Å². The third-order valence-electron chi connectivity index (χ3n) is 5.12. The highest BCUT2D eigenvalue weighted by atomic mass is 35.5. The first kappa shape index (κ1) is 18.9. The third-order valence-corrected chi connectivity index (χ3v) is 6.54. The lowest BCUT2D eigenvalue weighted by atomic mass is 10.1. The van der Waals surface area contributed by atoms with Crippen molar-refractivity contribution in [2.24, 2.45) is 0 Å². The zero-order valence-electron chi connectivity index (χ0n) is 16.1. The summed E-state index contributed by atoms with van der Waals surface area (Å²) in [5.41, 5.74) is 2.84. The van der Waals surface area contributed by atoms with Crippen molar-refractivity contribution >= 4 is 39.8 Å². The molecule has 30 heavy (non-hydrogen) atoms. The van der Waals surface area contributed by atoms with E-state index in [0.717, 1.165) is 17.0 Å². The summed E-state index contributed by atoms with van der Waals surface area (Å²) >= 11 is 7.78. The molecule has 0 N–H and O–H groups in total. The maximum Gasteiger partial charge on any atom is 0.300 e. The van der Waals surface area contributed by atoms with Crippen LogP contribution in [0, 0.1) is 6.92 Å². The van der Waals surface area contributed by atoms with E-state index in [0.29, 0.717) is 10.2 Å². The average Bonchev–Trinajstić information content (AvgIpc) is 3.19. The predicted molar refractivity (Wildman–Crippen MR) is 122 cm³/mol. The van der Waals surface area contributed by atoms with Gasteiger partial charge in [0, 0.05) is 23.2 Å². The van der Waals surface area contributed by atoms with E-state index in [9.17, 15) is 4.79 Å². The summed E-state index contributed by atoms with van der Waals surface area (Å²) in [7, 11) is 0. The van der Waals surface area contributed by atoms with Gasteiger partial charge in [0.25, 0.3) is 0 Å². The van der Waals surface area contributed by atoms with E-state index in [-0.39, 0.29) is 11.2 Å². The van der Waals surface area contributed by atoms with Gasteiger partial charge in [0.2, 0.25) is 5.65 Å². The Hall–Kier alpha value is -3.09. The molecule has 0 aliphatic heterocycles. The highest BCUT2D eigenvalue weighted by Gasteiger charge is 2.14. The lowest BCUT2D eigenvalue weighted by Gasteiger charge is -2.10. The number of rotatable bonds is 4. The molecule has 0 fully saturated rings. The summed E-state index contributed by atoms with van der Waals surface area (Å²) in [5.74, 6) is 0.738. The van der Waals surface area contributed by atoms with Crippen LogP contribution in [0.1, 0.15) is 11.1 Å². The smallest absolute Gasteiger partial charge is 0.279 e. The fraction of sp³-hybridized carbons (Fsp3) is 0.0870. The zero-order chi connectivity index (χ0) is 20.7. The van der Waals surface area contributed by atoms with Gasteiger partial charge < -0.3 is 0 Å². The first-order chi connectivity index (χ1) is 14.6. The number of hydrogen-bond donors (Lipinski definition) is 0. The summed E-state index contributed by atoms with van der Waals surface area (Å²) in [5, 5.41) is 12.1. The van der Waals surface area contributed by atoms with Gasteiger partial charge in [-0.3, -0.25) is 13.8 Å². The minimum atomic E-state index is -0.229. The zero-order valence-corrected chi connectivity index (χ0v) is 17.7. The summed E-state index contributed by atoms with van der Waals surface area (Å²) < 4.78 is 3.30. The lowest BCUT2D eigenvalue weighted by molar-refractivity contribution is 0.890. The molecule has 5 aromatic rings. The highest BCUT2D eigenvalue weighted by molar-refractivity contribution is 7.98. The Morgan fingerprint density at radius 2 is 1.80 bits per heavy atom. The molecule has 0 aliphatic rings. The summed E-state index contributed by atoms with van der Waals surface area (Å²) in [6.45, 7) is 1.89. The first-order valence-electron chi connectivity index (χ1n) is 9.44. The van der Waals surface area contributed by atoms with E-state index in [1.165, 1.54) is 16.3 Å². The standard InChI is InChI=1S/C23H17ClN4OS/c1-15-19(24)7-4-8-20(15)27-11-12-28-21(22(27)29)25-26-23(28)30-14-16-9-10-17-5-2-3-6-18(17)13-16/h2-13H,14H2,1H3. The quantitative estimate of drug-likeness (QED) is 0.362. The molecule has 0 saturated carbocycles. The van der Waals surface area contributed by atoms with Gasteiger partial charge in [-0.05, 0) is 41.0 Å². The minimum Gasteiger partial charge on any atom is -0.279 e.